The smallest absolute Gasteiger partial charge is 0.306 e. The van der Waals surface area contributed by atoms with Gasteiger partial charge in [-0.15, -0.1) is 0 Å². The molecule has 1 rings (SSSR count). The van der Waals surface area contributed by atoms with Gasteiger partial charge in [-0.25, -0.2) is 8.78 Å². The van der Waals surface area contributed by atoms with Crippen molar-refractivity contribution in [3.05, 3.63) is 35.4 Å². The second-order valence-electron chi connectivity index (χ2n) is 4.50. The van der Waals surface area contributed by atoms with Gasteiger partial charge in [-0.2, -0.15) is 13.2 Å². The predicted octanol–water partition coefficient (Wildman–Crippen LogP) is 3.42. The van der Waals surface area contributed by atoms with E-state index in [1.54, 1.807) is 0 Å². The molecular formula is C13H14F5NO. The Balaban J connectivity index is 2.47. The zero-order valence-electron chi connectivity index (χ0n) is 10.8. The summed E-state index contributed by atoms with van der Waals surface area (Å²) in [5.41, 5.74) is -0.119. The van der Waals surface area contributed by atoms with Gasteiger partial charge >= 0.3 is 6.18 Å². The van der Waals surface area contributed by atoms with E-state index in [1.807, 2.05) is 0 Å². The van der Waals surface area contributed by atoms with E-state index in [4.69, 9.17) is 0 Å². The molecule has 0 N–H and O–H groups in total. The van der Waals surface area contributed by atoms with Gasteiger partial charge in [0.25, 0.3) is 0 Å². The number of nitrogens with zero attached hydrogens (tertiary/aromatic N) is 1. The molecule has 20 heavy (non-hydrogen) atoms. The van der Waals surface area contributed by atoms with Gasteiger partial charge in [0.1, 0.15) is 11.6 Å². The van der Waals surface area contributed by atoms with Crippen LogP contribution in [0, 0.1) is 11.6 Å². The molecule has 0 aliphatic heterocycles. The van der Waals surface area contributed by atoms with E-state index in [-0.39, 0.29) is 25.1 Å². The zero-order valence-corrected chi connectivity index (χ0v) is 10.8. The van der Waals surface area contributed by atoms with Crippen molar-refractivity contribution in [2.24, 2.45) is 0 Å². The summed E-state index contributed by atoms with van der Waals surface area (Å²) < 4.78 is 61.8. The maximum absolute atomic E-state index is 12.9. The van der Waals surface area contributed by atoms with Crippen molar-refractivity contribution < 1.29 is 26.7 Å². The van der Waals surface area contributed by atoms with Gasteiger partial charge in [0.15, 0.2) is 5.78 Å². The average Bonchev–Trinajstić information content (AvgIpc) is 2.31. The fourth-order valence-corrected chi connectivity index (χ4v) is 1.58. The minimum Gasteiger partial charge on any atom is -0.306 e. The van der Waals surface area contributed by atoms with Crippen LogP contribution in [0.2, 0.25) is 0 Å². The Kier molecular flexibility index (Phi) is 5.62. The molecule has 0 aliphatic rings. The molecule has 0 atom stereocenters. The van der Waals surface area contributed by atoms with Gasteiger partial charge in [-0.3, -0.25) is 4.79 Å². The van der Waals surface area contributed by atoms with Crippen molar-refractivity contribution in [3.63, 3.8) is 0 Å². The zero-order chi connectivity index (χ0) is 15.3. The van der Waals surface area contributed by atoms with Crippen LogP contribution >= 0.6 is 0 Å². The molecule has 0 radical (unpaired) electrons. The fraction of sp³-hybridized carbons (Fsp3) is 0.462. The summed E-state index contributed by atoms with van der Waals surface area (Å²) in [6.07, 6.45) is -5.31. The third-order valence-electron chi connectivity index (χ3n) is 2.68. The highest BCUT2D eigenvalue weighted by atomic mass is 19.4. The van der Waals surface area contributed by atoms with E-state index in [0.29, 0.717) is 6.07 Å². The second kappa shape index (κ2) is 6.78. The Bertz CT molecular complexity index is 452. The van der Waals surface area contributed by atoms with Crippen LogP contribution in [0.4, 0.5) is 22.0 Å². The number of Topliss-reactive ketones (excluding diaryl/α,β-unsaturated/α-hetero) is 1. The number of benzene rings is 1. The highest BCUT2D eigenvalue weighted by molar-refractivity contribution is 5.96. The molecule has 0 unspecified atom stereocenters. The minimum absolute atomic E-state index is 0.0903. The Morgan fingerprint density at radius 2 is 1.65 bits per heavy atom. The molecule has 0 aliphatic carbocycles. The third kappa shape index (κ3) is 6.10. The molecular weight excluding hydrogens is 281 g/mol. The molecule has 0 aromatic heterocycles. The molecule has 0 bridgehead atoms. The summed E-state index contributed by atoms with van der Waals surface area (Å²) in [5, 5.41) is 0. The maximum Gasteiger partial charge on any atom is 0.390 e. The molecule has 0 amide bonds. The van der Waals surface area contributed by atoms with Gasteiger partial charge in [-0.05, 0) is 19.2 Å². The van der Waals surface area contributed by atoms with Crippen LogP contribution in [-0.2, 0) is 0 Å². The summed E-state index contributed by atoms with van der Waals surface area (Å²) >= 11 is 0. The summed E-state index contributed by atoms with van der Waals surface area (Å²) in [6, 6.07) is 2.45. The van der Waals surface area contributed by atoms with E-state index in [1.165, 1.54) is 11.9 Å². The number of carbonyl (C=O) groups excluding carboxylic acids is 1. The maximum atomic E-state index is 12.9. The van der Waals surface area contributed by atoms with Crippen LogP contribution in [0.1, 0.15) is 23.2 Å². The molecule has 0 fully saturated rings. The molecule has 1 aromatic rings. The molecule has 1 aromatic carbocycles. The molecule has 0 heterocycles. The number of rotatable bonds is 6. The van der Waals surface area contributed by atoms with Crippen molar-refractivity contribution >= 4 is 5.78 Å². The van der Waals surface area contributed by atoms with E-state index in [2.05, 4.69) is 0 Å². The van der Waals surface area contributed by atoms with E-state index >= 15 is 0 Å². The fourth-order valence-electron chi connectivity index (χ4n) is 1.58. The number of alkyl halides is 3. The van der Waals surface area contributed by atoms with Crippen LogP contribution in [0.3, 0.4) is 0 Å². The van der Waals surface area contributed by atoms with Crippen LogP contribution in [-0.4, -0.2) is 37.0 Å². The number of hydrogen-bond acceptors (Lipinski definition) is 2. The van der Waals surface area contributed by atoms with Crippen LogP contribution in [0.5, 0.6) is 0 Å². The SMILES string of the molecule is CN(CCC(=O)c1cc(F)cc(F)c1)CCC(F)(F)F. The van der Waals surface area contributed by atoms with Gasteiger partial charge in [0.2, 0.25) is 0 Å². The average molecular weight is 295 g/mol. The van der Waals surface area contributed by atoms with Crippen molar-refractivity contribution in [2.75, 3.05) is 20.1 Å². The van der Waals surface area contributed by atoms with Crippen molar-refractivity contribution in [2.45, 2.75) is 19.0 Å². The van der Waals surface area contributed by atoms with Crippen molar-refractivity contribution in [1.82, 2.24) is 4.90 Å². The highest BCUT2D eigenvalue weighted by Gasteiger charge is 2.27. The second-order valence-corrected chi connectivity index (χ2v) is 4.50. The quantitative estimate of drug-likeness (QED) is 0.592. The number of hydrogen-bond donors (Lipinski definition) is 0. The summed E-state index contributed by atoms with van der Waals surface area (Å²) in [6.45, 7) is -0.138. The van der Waals surface area contributed by atoms with E-state index in [9.17, 15) is 26.7 Å². The molecule has 0 saturated heterocycles. The predicted molar refractivity (Wildman–Crippen MR) is 63.5 cm³/mol. The van der Waals surface area contributed by atoms with Gasteiger partial charge in [-0.1, -0.05) is 0 Å². The third-order valence-corrected chi connectivity index (χ3v) is 2.68. The van der Waals surface area contributed by atoms with Crippen LogP contribution < -0.4 is 0 Å². The number of halogens is 5. The van der Waals surface area contributed by atoms with Crippen molar-refractivity contribution in [3.8, 4) is 0 Å². The highest BCUT2D eigenvalue weighted by Crippen LogP contribution is 2.19. The van der Waals surface area contributed by atoms with Crippen LogP contribution in [0.15, 0.2) is 18.2 Å². The monoisotopic (exact) mass is 295 g/mol. The molecule has 0 spiro atoms. The molecule has 0 saturated carbocycles. The van der Waals surface area contributed by atoms with Gasteiger partial charge in [0.05, 0.1) is 6.42 Å². The Morgan fingerprint density at radius 3 is 2.15 bits per heavy atom. The van der Waals surface area contributed by atoms with Crippen molar-refractivity contribution in [1.29, 1.82) is 0 Å². The lowest BCUT2D eigenvalue weighted by molar-refractivity contribution is -0.137. The van der Waals surface area contributed by atoms with E-state index < -0.39 is 30.0 Å². The molecule has 7 heteroatoms. The Labute approximate surface area is 113 Å². The lowest BCUT2D eigenvalue weighted by atomic mass is 10.1. The molecule has 112 valence electrons. The van der Waals surface area contributed by atoms with Crippen LogP contribution in [0.25, 0.3) is 0 Å². The summed E-state index contributed by atoms with van der Waals surface area (Å²) in [5.74, 6) is -2.24. The lowest BCUT2D eigenvalue weighted by Gasteiger charge is -2.17. The first-order chi connectivity index (χ1) is 9.17. The lowest BCUT2D eigenvalue weighted by Crippen LogP contribution is -2.26. The summed E-state index contributed by atoms with van der Waals surface area (Å²) in [4.78, 5) is 13.0. The largest absolute Gasteiger partial charge is 0.390 e. The first-order valence-electron chi connectivity index (χ1n) is 5.92. The normalized spacial score (nSPS) is 11.9. The minimum atomic E-state index is -4.25. The molecule has 2 nitrogen and oxygen atoms in total. The number of ketones is 1. The summed E-state index contributed by atoms with van der Waals surface area (Å²) in [7, 11) is 1.45. The topological polar surface area (TPSA) is 20.3 Å². The standard InChI is InChI=1S/C13H14F5NO/c1-19(5-3-13(16,17)18)4-2-12(20)9-6-10(14)8-11(15)7-9/h6-8H,2-5H2,1H3. The van der Waals surface area contributed by atoms with Gasteiger partial charge in [0, 0.05) is 31.1 Å². The number of carbonyl (C=O) groups is 1. The first kappa shape index (κ1) is 16.6. The van der Waals surface area contributed by atoms with E-state index in [0.717, 1.165) is 12.1 Å². The first-order valence-corrected chi connectivity index (χ1v) is 5.92. The van der Waals surface area contributed by atoms with Gasteiger partial charge < -0.3 is 4.90 Å². The Morgan fingerprint density at radius 1 is 1.10 bits per heavy atom. The Hall–Kier alpha value is -1.50.